The first kappa shape index (κ1) is 19.6. The standard InChI is InChI=1S/C17H17F3O4/c1-11(21)23-15(9-10-16(3,4)24-12(2)22)13-5-7-14(8-6-13)17(18,19)20/h5-8,15H,1-4H3. The summed E-state index contributed by atoms with van der Waals surface area (Å²) in [4.78, 5) is 22.2. The van der Waals surface area contributed by atoms with E-state index in [4.69, 9.17) is 9.47 Å². The molecular weight excluding hydrogens is 325 g/mol. The van der Waals surface area contributed by atoms with Crippen LogP contribution in [0.25, 0.3) is 0 Å². The zero-order chi connectivity index (χ0) is 18.5. The second kappa shape index (κ2) is 7.39. The van der Waals surface area contributed by atoms with Crippen LogP contribution in [0.2, 0.25) is 0 Å². The topological polar surface area (TPSA) is 52.6 Å². The fraction of sp³-hybridized carbons (Fsp3) is 0.412. The van der Waals surface area contributed by atoms with Gasteiger partial charge in [0.15, 0.2) is 11.7 Å². The summed E-state index contributed by atoms with van der Waals surface area (Å²) in [6, 6.07) is 4.13. The third-order valence-electron chi connectivity index (χ3n) is 2.73. The van der Waals surface area contributed by atoms with E-state index in [9.17, 15) is 22.8 Å². The first-order valence-electron chi connectivity index (χ1n) is 6.97. The monoisotopic (exact) mass is 342 g/mol. The van der Waals surface area contributed by atoms with E-state index in [1.54, 1.807) is 13.8 Å². The molecule has 1 aromatic carbocycles. The zero-order valence-electron chi connectivity index (χ0n) is 13.7. The van der Waals surface area contributed by atoms with Crippen molar-refractivity contribution in [3.63, 3.8) is 0 Å². The molecule has 0 aliphatic heterocycles. The van der Waals surface area contributed by atoms with Crippen LogP contribution in [-0.4, -0.2) is 17.5 Å². The highest BCUT2D eigenvalue weighted by atomic mass is 19.4. The van der Waals surface area contributed by atoms with E-state index in [1.165, 1.54) is 19.1 Å². The Labute approximate surface area is 137 Å². The molecule has 0 heterocycles. The van der Waals surface area contributed by atoms with E-state index in [2.05, 4.69) is 11.8 Å². The summed E-state index contributed by atoms with van der Waals surface area (Å²) in [5, 5.41) is 0. The van der Waals surface area contributed by atoms with Crippen LogP contribution in [0.5, 0.6) is 0 Å². The van der Waals surface area contributed by atoms with Gasteiger partial charge in [-0.3, -0.25) is 9.59 Å². The van der Waals surface area contributed by atoms with Gasteiger partial charge in [-0.25, -0.2) is 0 Å². The summed E-state index contributed by atoms with van der Waals surface area (Å²) >= 11 is 0. The number of halogens is 3. The van der Waals surface area contributed by atoms with Gasteiger partial charge in [0.1, 0.15) is 0 Å². The lowest BCUT2D eigenvalue weighted by Crippen LogP contribution is -2.25. The smallest absolute Gasteiger partial charge is 0.416 e. The van der Waals surface area contributed by atoms with Crippen LogP contribution in [0, 0.1) is 11.8 Å². The number of carbonyl (C=O) groups excluding carboxylic acids is 2. The molecule has 0 aliphatic rings. The Balaban J connectivity index is 3.11. The van der Waals surface area contributed by atoms with Crippen LogP contribution >= 0.6 is 0 Å². The van der Waals surface area contributed by atoms with Crippen LogP contribution in [0.15, 0.2) is 24.3 Å². The minimum Gasteiger partial charge on any atom is -0.447 e. The van der Waals surface area contributed by atoms with E-state index in [1.807, 2.05) is 0 Å². The van der Waals surface area contributed by atoms with Crippen LogP contribution in [-0.2, 0) is 25.2 Å². The van der Waals surface area contributed by atoms with Crippen molar-refractivity contribution in [1.29, 1.82) is 0 Å². The highest BCUT2D eigenvalue weighted by Gasteiger charge is 2.30. The van der Waals surface area contributed by atoms with Gasteiger partial charge in [-0.1, -0.05) is 18.1 Å². The highest BCUT2D eigenvalue weighted by Crippen LogP contribution is 2.30. The molecule has 24 heavy (non-hydrogen) atoms. The normalized spacial score (nSPS) is 12.6. The molecule has 0 N–H and O–H groups in total. The fourth-order valence-corrected chi connectivity index (χ4v) is 1.82. The molecule has 1 aromatic rings. The Morgan fingerprint density at radius 3 is 2.00 bits per heavy atom. The molecule has 1 unspecified atom stereocenters. The minimum absolute atomic E-state index is 0.282. The number of alkyl halides is 3. The molecule has 1 rings (SSSR count). The second-order valence-corrected chi connectivity index (χ2v) is 5.48. The SMILES string of the molecule is CC(=O)OC(C#CC(C)(C)OC(C)=O)c1ccc(C(F)(F)F)cc1. The van der Waals surface area contributed by atoms with Crippen LogP contribution in [0.1, 0.15) is 44.9 Å². The molecule has 130 valence electrons. The molecule has 0 saturated carbocycles. The predicted molar refractivity (Wildman–Crippen MR) is 79.6 cm³/mol. The Hall–Kier alpha value is -2.49. The summed E-state index contributed by atoms with van der Waals surface area (Å²) in [5.41, 5.74) is -1.67. The van der Waals surface area contributed by atoms with E-state index in [0.717, 1.165) is 19.1 Å². The lowest BCUT2D eigenvalue weighted by molar-refractivity contribution is -0.149. The van der Waals surface area contributed by atoms with Crippen molar-refractivity contribution < 1.29 is 32.2 Å². The number of hydrogen-bond donors (Lipinski definition) is 0. The Kier molecular flexibility index (Phi) is 6.02. The molecule has 0 radical (unpaired) electrons. The number of hydrogen-bond acceptors (Lipinski definition) is 4. The van der Waals surface area contributed by atoms with E-state index in [0.29, 0.717) is 0 Å². The maximum absolute atomic E-state index is 12.6. The molecule has 0 amide bonds. The van der Waals surface area contributed by atoms with Crippen molar-refractivity contribution in [2.24, 2.45) is 0 Å². The highest BCUT2D eigenvalue weighted by molar-refractivity contribution is 5.67. The maximum Gasteiger partial charge on any atom is 0.416 e. The molecule has 0 saturated heterocycles. The third kappa shape index (κ3) is 6.32. The van der Waals surface area contributed by atoms with Gasteiger partial charge >= 0.3 is 18.1 Å². The summed E-state index contributed by atoms with van der Waals surface area (Å²) in [7, 11) is 0. The summed E-state index contributed by atoms with van der Waals surface area (Å²) < 4.78 is 47.8. The van der Waals surface area contributed by atoms with E-state index in [-0.39, 0.29) is 5.56 Å². The second-order valence-electron chi connectivity index (χ2n) is 5.48. The van der Waals surface area contributed by atoms with Gasteiger partial charge < -0.3 is 9.47 Å². The van der Waals surface area contributed by atoms with Gasteiger partial charge in [-0.2, -0.15) is 13.2 Å². The Bertz CT molecular complexity index is 664. The molecule has 0 bridgehead atoms. The molecule has 0 aromatic heterocycles. The van der Waals surface area contributed by atoms with Crippen LogP contribution in [0.4, 0.5) is 13.2 Å². The fourth-order valence-electron chi connectivity index (χ4n) is 1.82. The van der Waals surface area contributed by atoms with Gasteiger partial charge in [0.2, 0.25) is 0 Å². The van der Waals surface area contributed by atoms with Gasteiger partial charge in [-0.05, 0) is 31.9 Å². The van der Waals surface area contributed by atoms with Crippen molar-refractivity contribution in [1.82, 2.24) is 0 Å². The zero-order valence-corrected chi connectivity index (χ0v) is 13.7. The molecule has 7 heteroatoms. The number of ether oxygens (including phenoxy) is 2. The number of carbonyl (C=O) groups is 2. The lowest BCUT2D eigenvalue weighted by Gasteiger charge is -2.18. The number of benzene rings is 1. The van der Waals surface area contributed by atoms with Gasteiger partial charge in [0.25, 0.3) is 0 Å². The van der Waals surface area contributed by atoms with Gasteiger partial charge in [0.05, 0.1) is 5.56 Å². The molecule has 1 atom stereocenters. The number of esters is 2. The average molecular weight is 342 g/mol. The molecule has 0 fully saturated rings. The van der Waals surface area contributed by atoms with Crippen molar-refractivity contribution in [2.75, 3.05) is 0 Å². The van der Waals surface area contributed by atoms with E-state index >= 15 is 0 Å². The van der Waals surface area contributed by atoms with E-state index < -0.39 is 35.4 Å². The van der Waals surface area contributed by atoms with Crippen molar-refractivity contribution >= 4 is 11.9 Å². The average Bonchev–Trinajstić information content (AvgIpc) is 2.41. The quantitative estimate of drug-likeness (QED) is 0.621. The lowest BCUT2D eigenvalue weighted by atomic mass is 10.0. The van der Waals surface area contributed by atoms with Crippen LogP contribution in [0.3, 0.4) is 0 Å². The van der Waals surface area contributed by atoms with Gasteiger partial charge in [0, 0.05) is 19.4 Å². The Morgan fingerprint density at radius 1 is 1.04 bits per heavy atom. The van der Waals surface area contributed by atoms with Crippen molar-refractivity contribution in [2.45, 2.75) is 45.6 Å². The Morgan fingerprint density at radius 2 is 1.58 bits per heavy atom. The molecule has 0 spiro atoms. The third-order valence-corrected chi connectivity index (χ3v) is 2.73. The predicted octanol–water partition coefficient (Wildman–Crippen LogP) is 3.65. The first-order chi connectivity index (χ1) is 10.9. The molecular formula is C17H17F3O4. The summed E-state index contributed by atoms with van der Waals surface area (Å²) in [6.45, 7) is 5.47. The van der Waals surface area contributed by atoms with Crippen LogP contribution < -0.4 is 0 Å². The first-order valence-corrected chi connectivity index (χ1v) is 6.97. The molecule has 4 nitrogen and oxygen atoms in total. The van der Waals surface area contributed by atoms with Crippen molar-refractivity contribution in [3.05, 3.63) is 35.4 Å². The summed E-state index contributed by atoms with van der Waals surface area (Å²) in [5.74, 6) is 4.09. The maximum atomic E-state index is 12.6. The largest absolute Gasteiger partial charge is 0.447 e. The van der Waals surface area contributed by atoms with Gasteiger partial charge in [-0.15, -0.1) is 0 Å². The molecule has 0 aliphatic carbocycles. The van der Waals surface area contributed by atoms with Crippen molar-refractivity contribution in [3.8, 4) is 11.8 Å². The number of rotatable bonds is 3. The summed E-state index contributed by atoms with van der Waals surface area (Å²) in [6.07, 6.45) is -5.53. The minimum atomic E-state index is -4.46.